The van der Waals surface area contributed by atoms with Gasteiger partial charge in [0.25, 0.3) is 5.69 Å². The zero-order chi connectivity index (χ0) is 16.3. The van der Waals surface area contributed by atoms with E-state index < -0.39 is 28.1 Å². The van der Waals surface area contributed by atoms with Crippen LogP contribution in [0.2, 0.25) is 0 Å². The number of nitrogens with zero attached hydrogens (tertiary/aromatic N) is 3. The normalized spacial score (nSPS) is 10.2. The third kappa shape index (κ3) is 2.61. The molecule has 0 aliphatic heterocycles. The zero-order valence-corrected chi connectivity index (χ0v) is 11.3. The van der Waals surface area contributed by atoms with Gasteiger partial charge >= 0.3 is 11.9 Å². The molecular formula is C12H10N4O6. The van der Waals surface area contributed by atoms with Gasteiger partial charge in [0.15, 0.2) is 5.69 Å². The summed E-state index contributed by atoms with van der Waals surface area (Å²) in [6, 6.07) is 3.69. The maximum absolute atomic E-state index is 11.8. The van der Waals surface area contributed by atoms with Gasteiger partial charge in [-0.3, -0.25) is 10.1 Å². The summed E-state index contributed by atoms with van der Waals surface area (Å²) in [5.74, 6) is -2.28. The number of hydrogen-bond donors (Lipinski definition) is 2. The van der Waals surface area contributed by atoms with Crippen molar-refractivity contribution in [3.05, 3.63) is 39.6 Å². The van der Waals surface area contributed by atoms with E-state index in [0.29, 0.717) is 0 Å². The third-order valence-electron chi connectivity index (χ3n) is 2.72. The van der Waals surface area contributed by atoms with Crippen LogP contribution in [0.4, 0.5) is 5.69 Å². The molecule has 0 atom stereocenters. The molecule has 0 saturated carbocycles. The minimum atomic E-state index is -1.46. The Morgan fingerprint density at radius 2 is 2.14 bits per heavy atom. The smallest absolute Gasteiger partial charge is 0.361 e. The summed E-state index contributed by atoms with van der Waals surface area (Å²) in [7, 11) is 0. The first-order valence-electron chi connectivity index (χ1n) is 6.06. The number of para-hydroxylation sites is 1. The number of benzene rings is 1. The summed E-state index contributed by atoms with van der Waals surface area (Å²) < 4.78 is 4.78. The van der Waals surface area contributed by atoms with Crippen LogP contribution in [0.15, 0.2) is 18.2 Å². The topological polar surface area (TPSA) is 148 Å². The van der Waals surface area contributed by atoms with E-state index in [1.807, 2.05) is 0 Å². The predicted molar refractivity (Wildman–Crippen MR) is 71.4 cm³/mol. The number of carboxylic acid groups (broad SMARTS) is 1. The van der Waals surface area contributed by atoms with E-state index >= 15 is 0 Å². The molecule has 2 N–H and O–H groups in total. The number of nitro groups is 1. The first-order chi connectivity index (χ1) is 10.5. The summed E-state index contributed by atoms with van der Waals surface area (Å²) in [4.78, 5) is 33.3. The molecule has 0 radical (unpaired) electrons. The van der Waals surface area contributed by atoms with Gasteiger partial charge in [0.1, 0.15) is 11.3 Å². The Kier molecular flexibility index (Phi) is 4.11. The number of esters is 1. The van der Waals surface area contributed by atoms with Gasteiger partial charge < -0.3 is 9.84 Å². The van der Waals surface area contributed by atoms with E-state index in [1.165, 1.54) is 12.1 Å². The van der Waals surface area contributed by atoms with Crippen LogP contribution >= 0.6 is 0 Å². The molecule has 0 unspecified atom stereocenters. The lowest BCUT2D eigenvalue weighted by Crippen LogP contribution is -2.08. The number of hydrogen-bond acceptors (Lipinski definition) is 7. The van der Waals surface area contributed by atoms with E-state index in [4.69, 9.17) is 9.84 Å². The molecule has 0 spiro atoms. The number of carbonyl (C=O) groups excluding carboxylic acids is 1. The van der Waals surface area contributed by atoms with Crippen molar-refractivity contribution in [1.29, 1.82) is 0 Å². The van der Waals surface area contributed by atoms with Gasteiger partial charge in [0.05, 0.1) is 17.1 Å². The molecule has 1 aromatic heterocycles. The Bertz CT molecular complexity index is 754. The average molecular weight is 306 g/mol. The number of carboxylic acids is 1. The van der Waals surface area contributed by atoms with Gasteiger partial charge in [0.2, 0.25) is 0 Å². The molecule has 10 heteroatoms. The molecular weight excluding hydrogens is 296 g/mol. The minimum Gasteiger partial charge on any atom is -0.477 e. The van der Waals surface area contributed by atoms with Crippen LogP contribution in [0.5, 0.6) is 0 Å². The molecule has 0 aliphatic rings. The Hall–Kier alpha value is -3.30. The van der Waals surface area contributed by atoms with Crippen molar-refractivity contribution in [2.24, 2.45) is 0 Å². The van der Waals surface area contributed by atoms with Gasteiger partial charge in [0, 0.05) is 0 Å². The van der Waals surface area contributed by atoms with Crippen molar-refractivity contribution in [3.8, 4) is 11.3 Å². The third-order valence-corrected chi connectivity index (χ3v) is 2.72. The second kappa shape index (κ2) is 5.99. The van der Waals surface area contributed by atoms with Gasteiger partial charge in [-0.25, -0.2) is 9.59 Å². The van der Waals surface area contributed by atoms with Crippen LogP contribution in [-0.4, -0.2) is 44.0 Å². The monoisotopic (exact) mass is 306 g/mol. The summed E-state index contributed by atoms with van der Waals surface area (Å²) in [5, 5.41) is 29.8. The number of aromatic carboxylic acids is 1. The van der Waals surface area contributed by atoms with E-state index in [2.05, 4.69) is 15.4 Å². The second-order valence-electron chi connectivity index (χ2n) is 4.01. The number of nitrogens with one attached hydrogen (secondary N) is 1. The average Bonchev–Trinajstić information content (AvgIpc) is 2.95. The summed E-state index contributed by atoms with van der Waals surface area (Å²) in [6.45, 7) is 1.67. The predicted octanol–water partition coefficient (Wildman–Crippen LogP) is 1.25. The molecule has 0 fully saturated rings. The first-order valence-corrected chi connectivity index (χ1v) is 6.06. The maximum Gasteiger partial charge on any atom is 0.361 e. The molecule has 1 aromatic carbocycles. The summed E-state index contributed by atoms with van der Waals surface area (Å²) >= 11 is 0. The molecule has 2 rings (SSSR count). The Morgan fingerprint density at radius 3 is 2.73 bits per heavy atom. The van der Waals surface area contributed by atoms with Crippen LogP contribution in [-0.2, 0) is 4.74 Å². The van der Waals surface area contributed by atoms with Crippen molar-refractivity contribution in [2.45, 2.75) is 6.92 Å². The van der Waals surface area contributed by atoms with E-state index in [0.717, 1.165) is 6.07 Å². The largest absolute Gasteiger partial charge is 0.477 e. The van der Waals surface area contributed by atoms with Crippen molar-refractivity contribution in [2.75, 3.05) is 6.61 Å². The summed E-state index contributed by atoms with van der Waals surface area (Å²) in [6.07, 6.45) is 0. The fourth-order valence-electron chi connectivity index (χ4n) is 1.86. The quantitative estimate of drug-likeness (QED) is 0.476. The Balaban J connectivity index is 2.67. The van der Waals surface area contributed by atoms with E-state index in [9.17, 15) is 19.7 Å². The Labute approximate surface area is 122 Å². The molecule has 1 heterocycles. The molecule has 0 saturated heterocycles. The van der Waals surface area contributed by atoms with Crippen molar-refractivity contribution in [3.63, 3.8) is 0 Å². The lowest BCUT2D eigenvalue weighted by Gasteiger charge is -2.04. The number of aromatic amines is 1. The van der Waals surface area contributed by atoms with Gasteiger partial charge in [-0.1, -0.05) is 6.07 Å². The minimum absolute atomic E-state index is 0.0857. The lowest BCUT2D eigenvalue weighted by atomic mass is 10.0. The molecule has 114 valence electrons. The lowest BCUT2D eigenvalue weighted by molar-refractivity contribution is -0.384. The SMILES string of the molecule is CCOC(=O)c1n[nH]nc1-c1cccc(C(=O)O)c1[N+](=O)[O-]. The van der Waals surface area contributed by atoms with Crippen molar-refractivity contribution < 1.29 is 24.4 Å². The molecule has 0 bridgehead atoms. The highest BCUT2D eigenvalue weighted by Gasteiger charge is 2.30. The number of ether oxygens (including phenoxy) is 1. The van der Waals surface area contributed by atoms with Crippen LogP contribution in [0.1, 0.15) is 27.8 Å². The number of rotatable bonds is 5. The van der Waals surface area contributed by atoms with Crippen LogP contribution in [0.25, 0.3) is 11.3 Å². The molecule has 22 heavy (non-hydrogen) atoms. The number of aromatic nitrogens is 3. The van der Waals surface area contributed by atoms with Gasteiger partial charge in [-0.2, -0.15) is 10.3 Å². The summed E-state index contributed by atoms with van der Waals surface area (Å²) in [5.41, 5.74) is -1.72. The number of nitro benzene ring substituents is 1. The van der Waals surface area contributed by atoms with Gasteiger partial charge in [-0.05, 0) is 19.1 Å². The highest BCUT2D eigenvalue weighted by molar-refractivity contribution is 5.99. The van der Waals surface area contributed by atoms with E-state index in [1.54, 1.807) is 6.92 Å². The number of carbonyl (C=O) groups is 2. The van der Waals surface area contributed by atoms with Crippen LogP contribution < -0.4 is 0 Å². The molecule has 2 aromatic rings. The van der Waals surface area contributed by atoms with Crippen LogP contribution in [0, 0.1) is 10.1 Å². The highest BCUT2D eigenvalue weighted by atomic mass is 16.6. The highest BCUT2D eigenvalue weighted by Crippen LogP contribution is 2.33. The number of H-pyrrole nitrogens is 1. The second-order valence-corrected chi connectivity index (χ2v) is 4.01. The van der Waals surface area contributed by atoms with Gasteiger partial charge in [-0.15, -0.1) is 5.10 Å². The molecule has 10 nitrogen and oxygen atoms in total. The fraction of sp³-hybridized carbons (Fsp3) is 0.167. The van der Waals surface area contributed by atoms with E-state index in [-0.39, 0.29) is 23.6 Å². The maximum atomic E-state index is 11.8. The van der Waals surface area contributed by atoms with Crippen LogP contribution in [0.3, 0.4) is 0 Å². The Morgan fingerprint density at radius 1 is 1.41 bits per heavy atom. The van der Waals surface area contributed by atoms with Crippen molar-refractivity contribution >= 4 is 17.6 Å². The molecule has 0 aliphatic carbocycles. The van der Waals surface area contributed by atoms with Crippen molar-refractivity contribution in [1.82, 2.24) is 15.4 Å². The molecule has 0 amide bonds. The first kappa shape index (κ1) is 15.1. The fourth-order valence-corrected chi connectivity index (χ4v) is 1.86. The standard InChI is InChI=1S/C12H10N4O6/c1-2-22-12(19)9-8(13-15-14-9)6-4-3-5-7(11(17)18)10(6)16(20)21/h3-5H,2H2,1H3,(H,17,18)(H,13,14,15). The zero-order valence-electron chi connectivity index (χ0n) is 11.3.